The molecule has 3 rings (SSSR count). The predicted molar refractivity (Wildman–Crippen MR) is 85.1 cm³/mol. The molecule has 3 aromatic rings. The van der Waals surface area contributed by atoms with E-state index >= 15 is 0 Å². The van der Waals surface area contributed by atoms with Crippen molar-refractivity contribution >= 4 is 17.3 Å². The highest BCUT2D eigenvalue weighted by Gasteiger charge is 2.30. The van der Waals surface area contributed by atoms with Gasteiger partial charge in [-0.1, -0.05) is 0 Å². The Labute approximate surface area is 140 Å². The van der Waals surface area contributed by atoms with Crippen molar-refractivity contribution in [1.82, 2.24) is 14.6 Å². The number of hydrogen-bond acceptors (Lipinski definition) is 4. The highest BCUT2D eigenvalue weighted by Crippen LogP contribution is 2.23. The summed E-state index contributed by atoms with van der Waals surface area (Å²) in [5, 5.41) is 6.93. The van der Waals surface area contributed by atoms with E-state index in [4.69, 9.17) is 5.73 Å². The van der Waals surface area contributed by atoms with Crippen LogP contribution in [0.3, 0.4) is 0 Å². The quantitative estimate of drug-likeness (QED) is 0.557. The minimum absolute atomic E-state index is 0.113. The van der Waals surface area contributed by atoms with Crippen molar-refractivity contribution in [1.29, 1.82) is 0 Å². The Balaban J connectivity index is 1.64. The largest absolute Gasteiger partial charge is 0.573 e. The number of ether oxygens (including phenoxy) is 1. The van der Waals surface area contributed by atoms with E-state index in [1.807, 2.05) is 0 Å². The number of guanidine groups is 1. The zero-order valence-corrected chi connectivity index (χ0v) is 12.7. The lowest BCUT2D eigenvalue weighted by Crippen LogP contribution is -2.23. The van der Waals surface area contributed by atoms with Gasteiger partial charge in [0, 0.05) is 18.0 Å². The van der Waals surface area contributed by atoms with E-state index in [2.05, 4.69) is 25.1 Å². The number of nitrogens with zero attached hydrogens (tertiary/aromatic N) is 4. The first-order chi connectivity index (χ1) is 11.9. The number of halogens is 3. The van der Waals surface area contributed by atoms with Gasteiger partial charge in [0.25, 0.3) is 0 Å². The van der Waals surface area contributed by atoms with Gasteiger partial charge in [0.1, 0.15) is 5.75 Å². The van der Waals surface area contributed by atoms with Crippen LogP contribution in [-0.4, -0.2) is 26.9 Å². The number of rotatable bonds is 4. The summed E-state index contributed by atoms with van der Waals surface area (Å²) in [6, 6.07) is 8.70. The summed E-state index contributed by atoms with van der Waals surface area (Å²) in [7, 11) is 0. The fraction of sp³-hybridized carbons (Fsp3) is 0.133. The van der Waals surface area contributed by atoms with Crippen molar-refractivity contribution in [3.63, 3.8) is 0 Å². The normalized spacial score (nSPS) is 12.4. The number of aliphatic imine (C=N–C) groups is 1. The zero-order valence-electron chi connectivity index (χ0n) is 12.7. The van der Waals surface area contributed by atoms with Crippen molar-refractivity contribution in [2.24, 2.45) is 10.7 Å². The van der Waals surface area contributed by atoms with Crippen LogP contribution in [0.1, 0.15) is 5.69 Å². The third-order valence-corrected chi connectivity index (χ3v) is 3.14. The number of anilines is 1. The molecule has 0 aliphatic carbocycles. The van der Waals surface area contributed by atoms with Crippen LogP contribution in [0.25, 0.3) is 5.65 Å². The maximum atomic E-state index is 12.1. The molecule has 0 saturated carbocycles. The molecule has 3 N–H and O–H groups in total. The molecule has 130 valence electrons. The molecule has 2 aromatic heterocycles. The standard InChI is InChI=1S/C15H13F3N6O/c16-15(17,18)25-12-3-1-10(2-4-12)23-14(19)21-9-11-5-7-20-13-6-8-22-24(11)13/h1-8H,9H2,(H3,19,21,23). The second-order valence-electron chi connectivity index (χ2n) is 4.94. The maximum Gasteiger partial charge on any atom is 0.573 e. The predicted octanol–water partition coefficient (Wildman–Crippen LogP) is 2.55. The van der Waals surface area contributed by atoms with Gasteiger partial charge in [0.15, 0.2) is 11.6 Å². The third kappa shape index (κ3) is 4.37. The first kappa shape index (κ1) is 16.6. The Kier molecular flexibility index (Phi) is 4.42. The molecular weight excluding hydrogens is 337 g/mol. The lowest BCUT2D eigenvalue weighted by Gasteiger charge is -2.10. The number of nitrogens with one attached hydrogen (secondary N) is 1. The second-order valence-corrected chi connectivity index (χ2v) is 4.94. The summed E-state index contributed by atoms with van der Waals surface area (Å²) >= 11 is 0. The highest BCUT2D eigenvalue weighted by atomic mass is 19.4. The van der Waals surface area contributed by atoms with E-state index in [9.17, 15) is 13.2 Å². The monoisotopic (exact) mass is 350 g/mol. The van der Waals surface area contributed by atoms with Gasteiger partial charge in [0.2, 0.25) is 0 Å². The Hall–Kier alpha value is -3.30. The second kappa shape index (κ2) is 6.67. The topological polar surface area (TPSA) is 89.8 Å². The minimum atomic E-state index is -4.72. The third-order valence-electron chi connectivity index (χ3n) is 3.14. The Bertz CT molecular complexity index is 888. The van der Waals surface area contributed by atoms with Gasteiger partial charge in [-0.3, -0.25) is 0 Å². The molecule has 0 unspecified atom stereocenters. The van der Waals surface area contributed by atoms with E-state index in [1.54, 1.807) is 29.0 Å². The molecular formula is C15H13F3N6O. The molecule has 0 spiro atoms. The van der Waals surface area contributed by atoms with Crippen LogP contribution in [0.2, 0.25) is 0 Å². The first-order valence-corrected chi connectivity index (χ1v) is 7.11. The van der Waals surface area contributed by atoms with Gasteiger partial charge in [-0.05, 0) is 30.3 Å². The molecule has 0 aliphatic rings. The van der Waals surface area contributed by atoms with Gasteiger partial charge in [-0.2, -0.15) is 5.10 Å². The lowest BCUT2D eigenvalue weighted by atomic mass is 10.3. The minimum Gasteiger partial charge on any atom is -0.406 e. The number of fused-ring (bicyclic) bond motifs is 1. The molecule has 1 aromatic carbocycles. The fourth-order valence-electron chi connectivity index (χ4n) is 2.10. The summed E-state index contributed by atoms with van der Waals surface area (Å²) in [5.41, 5.74) is 7.76. The van der Waals surface area contributed by atoms with Gasteiger partial charge >= 0.3 is 6.36 Å². The van der Waals surface area contributed by atoms with Crippen LogP contribution >= 0.6 is 0 Å². The molecule has 0 aliphatic heterocycles. The van der Waals surface area contributed by atoms with E-state index in [0.717, 1.165) is 5.69 Å². The van der Waals surface area contributed by atoms with Crippen molar-refractivity contribution in [3.8, 4) is 5.75 Å². The molecule has 0 fully saturated rings. The maximum absolute atomic E-state index is 12.1. The zero-order chi connectivity index (χ0) is 17.9. The van der Waals surface area contributed by atoms with Crippen molar-refractivity contribution in [2.45, 2.75) is 12.9 Å². The van der Waals surface area contributed by atoms with Crippen LogP contribution in [-0.2, 0) is 6.54 Å². The summed E-state index contributed by atoms with van der Waals surface area (Å²) in [6.45, 7) is 0.259. The molecule has 0 amide bonds. The molecule has 10 heteroatoms. The summed E-state index contributed by atoms with van der Waals surface area (Å²) in [6.07, 6.45) is -1.45. The molecule has 25 heavy (non-hydrogen) atoms. The van der Waals surface area contributed by atoms with Gasteiger partial charge in [0.05, 0.1) is 18.4 Å². The van der Waals surface area contributed by atoms with E-state index in [1.165, 1.54) is 24.3 Å². The SMILES string of the molecule is NC(=NCc1ccnc2ccnn12)Nc1ccc(OC(F)(F)F)cc1. The van der Waals surface area contributed by atoms with Gasteiger partial charge in [-0.15, -0.1) is 13.2 Å². The fourth-order valence-corrected chi connectivity index (χ4v) is 2.10. The van der Waals surface area contributed by atoms with Crippen LogP contribution in [0.15, 0.2) is 53.8 Å². The highest BCUT2D eigenvalue weighted by molar-refractivity contribution is 5.92. The Morgan fingerprint density at radius 2 is 1.92 bits per heavy atom. The Morgan fingerprint density at radius 3 is 2.64 bits per heavy atom. The molecule has 0 atom stereocenters. The number of hydrogen-bond donors (Lipinski definition) is 2. The van der Waals surface area contributed by atoms with E-state index in [-0.39, 0.29) is 18.3 Å². The smallest absolute Gasteiger partial charge is 0.406 e. The first-order valence-electron chi connectivity index (χ1n) is 7.11. The van der Waals surface area contributed by atoms with Crippen molar-refractivity contribution in [2.75, 3.05) is 5.32 Å². The van der Waals surface area contributed by atoms with Crippen LogP contribution < -0.4 is 15.8 Å². The summed E-state index contributed by atoms with van der Waals surface area (Å²) in [5.74, 6) is -0.201. The van der Waals surface area contributed by atoms with Gasteiger partial charge in [-0.25, -0.2) is 14.5 Å². The van der Waals surface area contributed by atoms with Crippen molar-refractivity contribution in [3.05, 3.63) is 54.5 Å². The number of aromatic nitrogens is 3. The van der Waals surface area contributed by atoms with E-state index < -0.39 is 6.36 Å². The molecule has 7 nitrogen and oxygen atoms in total. The molecule has 0 radical (unpaired) electrons. The van der Waals surface area contributed by atoms with Crippen LogP contribution in [0.5, 0.6) is 5.75 Å². The average Bonchev–Trinajstić information content (AvgIpc) is 3.02. The molecule has 0 bridgehead atoms. The van der Waals surface area contributed by atoms with Crippen LogP contribution in [0.4, 0.5) is 18.9 Å². The number of alkyl halides is 3. The van der Waals surface area contributed by atoms with Crippen LogP contribution in [0, 0.1) is 0 Å². The lowest BCUT2D eigenvalue weighted by molar-refractivity contribution is -0.274. The average molecular weight is 350 g/mol. The van der Waals surface area contributed by atoms with Crippen molar-refractivity contribution < 1.29 is 17.9 Å². The Morgan fingerprint density at radius 1 is 1.16 bits per heavy atom. The number of benzene rings is 1. The molecule has 2 heterocycles. The number of nitrogens with two attached hydrogens (primary N) is 1. The summed E-state index contributed by atoms with van der Waals surface area (Å²) in [4.78, 5) is 8.33. The van der Waals surface area contributed by atoms with Gasteiger partial charge < -0.3 is 15.8 Å². The van der Waals surface area contributed by atoms with E-state index in [0.29, 0.717) is 11.3 Å². The molecule has 0 saturated heterocycles. The summed E-state index contributed by atoms with van der Waals surface area (Å²) < 4.78 is 41.8.